The van der Waals surface area contributed by atoms with Crippen LogP contribution in [-0.4, -0.2) is 53.9 Å². The summed E-state index contributed by atoms with van der Waals surface area (Å²) in [7, 11) is -7.78. The first-order valence-corrected chi connectivity index (χ1v) is 11.3. The SMILES string of the molecule is CCc1ccc(C(C)(C)C)c(OC(F)(F)C(F)(F)C(F)(F)C(F)(F)C(F)(F)C(F)(F)C(F)(F)S(=O)(=O)O)c1. The lowest BCUT2D eigenvalue weighted by Gasteiger charge is -2.41. The zero-order valence-electron chi connectivity index (χ0n) is 19.3. The maximum Gasteiger partial charge on any atom is 0.471 e. The Hall–Kier alpha value is -2.05. The summed E-state index contributed by atoms with van der Waals surface area (Å²) in [6.07, 6.45) is -6.91. The number of hydrogen-bond acceptors (Lipinski definition) is 3. The number of aryl methyl sites for hydroxylation is 1. The number of rotatable bonds is 10. The van der Waals surface area contributed by atoms with Crippen molar-refractivity contribution in [3.63, 3.8) is 0 Å². The van der Waals surface area contributed by atoms with Crippen LogP contribution >= 0.6 is 0 Å². The summed E-state index contributed by atoms with van der Waals surface area (Å²) in [4.78, 5) is 0. The van der Waals surface area contributed by atoms with E-state index in [0.29, 0.717) is 6.07 Å². The van der Waals surface area contributed by atoms with Gasteiger partial charge in [0.05, 0.1) is 0 Å². The molecule has 0 saturated carbocycles. The van der Waals surface area contributed by atoms with Crippen molar-refractivity contribution >= 4 is 10.1 Å². The van der Waals surface area contributed by atoms with Crippen LogP contribution in [0.15, 0.2) is 18.2 Å². The lowest BCUT2D eigenvalue weighted by Crippen LogP contribution is -2.74. The number of ether oxygens (including phenoxy) is 1. The molecule has 0 heterocycles. The summed E-state index contributed by atoms with van der Waals surface area (Å²) in [6.45, 7) is 5.18. The van der Waals surface area contributed by atoms with Gasteiger partial charge in [0.2, 0.25) is 0 Å². The molecule has 0 aliphatic heterocycles. The van der Waals surface area contributed by atoms with Crippen LogP contribution in [0, 0.1) is 0 Å². The van der Waals surface area contributed by atoms with Gasteiger partial charge in [0.1, 0.15) is 5.75 Å². The van der Waals surface area contributed by atoms with E-state index in [2.05, 4.69) is 4.74 Å². The molecule has 0 atom stereocenters. The Labute approximate surface area is 205 Å². The molecule has 0 radical (unpaired) electrons. The molecule has 1 rings (SSSR count). The third-order valence-electron chi connectivity index (χ3n) is 5.13. The maximum absolute atomic E-state index is 14.3. The van der Waals surface area contributed by atoms with E-state index in [4.69, 9.17) is 4.55 Å². The van der Waals surface area contributed by atoms with Crippen molar-refractivity contribution in [1.82, 2.24) is 0 Å². The monoisotopic (exact) mass is 608 g/mol. The summed E-state index contributed by atoms with van der Waals surface area (Å²) >= 11 is 0. The molecule has 0 amide bonds. The highest BCUT2D eigenvalue weighted by Crippen LogP contribution is 2.62. The first-order valence-electron chi connectivity index (χ1n) is 9.82. The molecule has 0 aliphatic carbocycles. The van der Waals surface area contributed by atoms with Gasteiger partial charge in [0, 0.05) is 0 Å². The first-order chi connectivity index (χ1) is 16.4. The Morgan fingerprint density at radius 2 is 1.11 bits per heavy atom. The molecule has 0 aliphatic rings. The summed E-state index contributed by atoms with van der Waals surface area (Å²) in [5, 5.41) is -7.68. The normalized spacial score (nSPS) is 15.6. The van der Waals surface area contributed by atoms with E-state index in [9.17, 15) is 69.9 Å². The Balaban J connectivity index is 3.76. The molecule has 1 aromatic rings. The predicted octanol–water partition coefficient (Wildman–Crippen LogP) is 7.18. The highest BCUT2D eigenvalue weighted by Gasteiger charge is 2.95. The first kappa shape index (κ1) is 34.0. The fourth-order valence-corrected chi connectivity index (χ4v) is 3.26. The molecular formula is C19H18F14O4S. The second kappa shape index (κ2) is 9.26. The van der Waals surface area contributed by atoms with Gasteiger partial charge in [-0.15, -0.1) is 0 Å². The van der Waals surface area contributed by atoms with E-state index in [-0.39, 0.29) is 12.0 Å². The van der Waals surface area contributed by atoms with E-state index >= 15 is 0 Å². The Kier molecular flexibility index (Phi) is 8.28. The summed E-state index contributed by atoms with van der Waals surface area (Å²) in [6, 6.07) is 2.81. The van der Waals surface area contributed by atoms with Crippen molar-refractivity contribution in [3.05, 3.63) is 29.3 Å². The van der Waals surface area contributed by atoms with Crippen LogP contribution in [-0.2, 0) is 22.0 Å². The number of benzene rings is 1. The Morgan fingerprint density at radius 3 is 1.47 bits per heavy atom. The minimum atomic E-state index is -8.52. The van der Waals surface area contributed by atoms with Crippen molar-refractivity contribution in [2.45, 2.75) is 80.5 Å². The van der Waals surface area contributed by atoms with Crippen LogP contribution in [0.5, 0.6) is 5.75 Å². The van der Waals surface area contributed by atoms with E-state index in [0.717, 1.165) is 6.07 Å². The highest BCUT2D eigenvalue weighted by molar-refractivity contribution is 7.87. The van der Waals surface area contributed by atoms with Crippen LogP contribution < -0.4 is 4.74 Å². The molecule has 4 nitrogen and oxygen atoms in total. The molecule has 0 unspecified atom stereocenters. The zero-order valence-corrected chi connectivity index (χ0v) is 20.1. The molecule has 0 bridgehead atoms. The molecule has 0 spiro atoms. The lowest BCUT2D eigenvalue weighted by molar-refractivity contribution is -0.453. The topological polar surface area (TPSA) is 63.6 Å². The number of hydrogen-bond donors (Lipinski definition) is 1. The van der Waals surface area contributed by atoms with Gasteiger partial charge >= 0.3 is 51.1 Å². The van der Waals surface area contributed by atoms with Gasteiger partial charge in [-0.2, -0.15) is 69.9 Å². The largest absolute Gasteiger partial charge is 0.471 e. The second-order valence-electron chi connectivity index (χ2n) is 8.92. The number of halogens is 14. The van der Waals surface area contributed by atoms with Gasteiger partial charge < -0.3 is 4.74 Å². The second-order valence-corrected chi connectivity index (χ2v) is 10.4. The molecule has 0 fully saturated rings. The van der Waals surface area contributed by atoms with Gasteiger partial charge in [-0.05, 0) is 29.0 Å². The van der Waals surface area contributed by atoms with Gasteiger partial charge in [0.25, 0.3) is 0 Å². The van der Waals surface area contributed by atoms with Crippen molar-refractivity contribution in [2.75, 3.05) is 0 Å². The molecule has 0 saturated heterocycles. The minimum absolute atomic E-state index is 0.0136. The highest BCUT2D eigenvalue weighted by atomic mass is 32.2. The number of alkyl halides is 14. The van der Waals surface area contributed by atoms with Crippen LogP contribution in [0.4, 0.5) is 61.5 Å². The van der Waals surface area contributed by atoms with Crippen molar-refractivity contribution in [2.24, 2.45) is 0 Å². The molecule has 1 aromatic carbocycles. The fourth-order valence-electron chi connectivity index (χ4n) is 2.81. The summed E-state index contributed by atoms with van der Waals surface area (Å²) in [5.41, 5.74) is -1.68. The van der Waals surface area contributed by atoms with Crippen LogP contribution in [0.2, 0.25) is 0 Å². The Morgan fingerprint density at radius 1 is 0.711 bits per heavy atom. The van der Waals surface area contributed by atoms with E-state index in [1.54, 1.807) is 0 Å². The van der Waals surface area contributed by atoms with Crippen molar-refractivity contribution in [1.29, 1.82) is 0 Å². The minimum Gasteiger partial charge on any atom is -0.428 e. The van der Waals surface area contributed by atoms with Gasteiger partial charge in [-0.1, -0.05) is 39.8 Å². The van der Waals surface area contributed by atoms with Crippen LogP contribution in [0.25, 0.3) is 0 Å². The average molecular weight is 608 g/mol. The zero-order chi connectivity index (χ0) is 30.8. The van der Waals surface area contributed by atoms with E-state index < -0.39 is 67.8 Å². The molecular weight excluding hydrogens is 590 g/mol. The standard InChI is InChI=1S/C19H18F14O4S/c1-5-9-6-7-10(12(2,3)4)11(8-9)37-18(30,31)16(26,27)14(22,23)13(20,21)15(24,25)17(28,29)19(32,33)38(34,35)36/h6-8H,5H2,1-4H3,(H,34,35,36). The molecule has 222 valence electrons. The van der Waals surface area contributed by atoms with Gasteiger partial charge in [-0.25, -0.2) is 0 Å². The average Bonchev–Trinajstić information content (AvgIpc) is 2.70. The van der Waals surface area contributed by atoms with Crippen molar-refractivity contribution in [3.8, 4) is 5.75 Å². The third-order valence-corrected chi connectivity index (χ3v) is 6.04. The summed E-state index contributed by atoms with van der Waals surface area (Å²) < 4.78 is 226. The smallest absolute Gasteiger partial charge is 0.428 e. The molecule has 1 N–H and O–H groups in total. The maximum atomic E-state index is 14.3. The van der Waals surface area contributed by atoms with E-state index in [1.807, 2.05) is 0 Å². The van der Waals surface area contributed by atoms with Crippen LogP contribution in [0.3, 0.4) is 0 Å². The third kappa shape index (κ3) is 4.88. The quantitative estimate of drug-likeness (QED) is 0.226. The summed E-state index contributed by atoms with van der Waals surface area (Å²) in [5.74, 6) is -42.8. The van der Waals surface area contributed by atoms with Gasteiger partial charge in [0.15, 0.2) is 0 Å². The van der Waals surface area contributed by atoms with Gasteiger partial charge in [-0.3, -0.25) is 4.55 Å². The predicted molar refractivity (Wildman–Crippen MR) is 101 cm³/mol. The van der Waals surface area contributed by atoms with Crippen molar-refractivity contribution < 1.29 is 79.2 Å². The Bertz CT molecular complexity index is 1140. The van der Waals surface area contributed by atoms with Crippen LogP contribution in [0.1, 0.15) is 38.8 Å². The fraction of sp³-hybridized carbons (Fsp3) is 0.684. The molecule has 19 heteroatoms. The lowest BCUT2D eigenvalue weighted by atomic mass is 9.85. The molecule has 0 aromatic heterocycles. The molecule has 38 heavy (non-hydrogen) atoms. The van der Waals surface area contributed by atoms with E-state index in [1.165, 1.54) is 33.8 Å².